The van der Waals surface area contributed by atoms with Gasteiger partial charge in [-0.1, -0.05) is 6.92 Å². The van der Waals surface area contributed by atoms with Gasteiger partial charge in [0.2, 0.25) is 0 Å². The fraction of sp³-hybridized carbons (Fsp3) is 1.00. The van der Waals surface area contributed by atoms with Crippen molar-refractivity contribution in [3.63, 3.8) is 0 Å². The van der Waals surface area contributed by atoms with Crippen molar-refractivity contribution in [3.8, 4) is 0 Å². The summed E-state index contributed by atoms with van der Waals surface area (Å²) in [6.45, 7) is 6.80. The largest absolute Gasteiger partial charge is 0.381 e. The molecule has 0 radical (unpaired) electrons. The normalized spacial score (nSPS) is 43.0. The molecule has 106 valence electrons. The van der Waals surface area contributed by atoms with E-state index in [1.807, 2.05) is 7.11 Å². The molecule has 2 unspecified atom stereocenters. The van der Waals surface area contributed by atoms with Crippen LogP contribution in [0.15, 0.2) is 0 Å². The molecule has 1 aliphatic carbocycles. The van der Waals surface area contributed by atoms with Gasteiger partial charge in [-0.15, -0.1) is 0 Å². The first-order chi connectivity index (χ1) is 8.61. The summed E-state index contributed by atoms with van der Waals surface area (Å²) in [4.78, 5) is 2.73. The maximum absolute atomic E-state index is 6.18. The minimum atomic E-state index is 0.253. The van der Waals surface area contributed by atoms with E-state index >= 15 is 0 Å². The van der Waals surface area contributed by atoms with E-state index in [9.17, 15) is 0 Å². The molecule has 1 aliphatic heterocycles. The molecule has 2 fully saturated rings. The number of nitrogens with zero attached hydrogens (tertiary/aromatic N) is 1. The highest BCUT2D eigenvalue weighted by molar-refractivity contribution is 4.99. The maximum Gasteiger partial charge on any atom is 0.0572 e. The van der Waals surface area contributed by atoms with Gasteiger partial charge in [0, 0.05) is 31.8 Å². The van der Waals surface area contributed by atoms with Gasteiger partial charge >= 0.3 is 0 Å². The third-order valence-electron chi connectivity index (χ3n) is 5.30. The van der Waals surface area contributed by atoms with Gasteiger partial charge in [0.25, 0.3) is 0 Å². The Bertz CT molecular complexity index is 261. The van der Waals surface area contributed by atoms with Gasteiger partial charge in [0.05, 0.1) is 6.10 Å². The predicted octanol–water partition coefficient (Wildman–Crippen LogP) is 2.39. The van der Waals surface area contributed by atoms with Crippen LogP contribution in [0.3, 0.4) is 0 Å². The molecular weight excluding hydrogens is 224 g/mol. The number of hydrogen-bond acceptors (Lipinski definition) is 3. The number of ether oxygens (including phenoxy) is 1. The van der Waals surface area contributed by atoms with Crippen molar-refractivity contribution in [2.75, 3.05) is 20.2 Å². The summed E-state index contributed by atoms with van der Waals surface area (Å²) in [6, 6.07) is 0.698. The number of likely N-dealkylation sites (tertiary alicyclic amines) is 1. The summed E-state index contributed by atoms with van der Waals surface area (Å²) < 4.78 is 5.50. The Kier molecular flexibility index (Phi) is 4.68. The van der Waals surface area contributed by atoms with Crippen LogP contribution >= 0.6 is 0 Å². The van der Waals surface area contributed by atoms with E-state index in [4.69, 9.17) is 10.5 Å². The van der Waals surface area contributed by atoms with Crippen LogP contribution in [-0.4, -0.2) is 42.8 Å². The fourth-order valence-corrected chi connectivity index (χ4v) is 3.92. The predicted molar refractivity (Wildman–Crippen MR) is 75.6 cm³/mol. The first-order valence-corrected chi connectivity index (χ1v) is 7.61. The lowest BCUT2D eigenvalue weighted by Crippen LogP contribution is -2.61. The summed E-state index contributed by atoms with van der Waals surface area (Å²) in [5, 5.41) is 0. The standard InChI is InChI=1S/C15H30N2O/c1-12-4-5-13(2)17(10-12)15(11-16)8-6-14(18-3)7-9-15/h12-14H,4-11,16H2,1-3H3. The van der Waals surface area contributed by atoms with Gasteiger partial charge in [-0.25, -0.2) is 0 Å². The van der Waals surface area contributed by atoms with Gasteiger partial charge in [-0.3, -0.25) is 4.90 Å². The van der Waals surface area contributed by atoms with Crippen LogP contribution in [0.4, 0.5) is 0 Å². The Morgan fingerprint density at radius 1 is 1.17 bits per heavy atom. The number of piperidine rings is 1. The molecule has 0 aromatic carbocycles. The van der Waals surface area contributed by atoms with E-state index in [0.29, 0.717) is 12.1 Å². The molecule has 1 heterocycles. The number of rotatable bonds is 3. The van der Waals surface area contributed by atoms with Gasteiger partial charge < -0.3 is 10.5 Å². The quantitative estimate of drug-likeness (QED) is 0.840. The van der Waals surface area contributed by atoms with E-state index in [2.05, 4.69) is 18.7 Å². The van der Waals surface area contributed by atoms with Crippen molar-refractivity contribution in [2.45, 2.75) is 70.1 Å². The molecule has 0 aromatic heterocycles. The molecule has 0 bridgehead atoms. The lowest BCUT2D eigenvalue weighted by molar-refractivity contribution is -0.0440. The molecule has 2 aliphatic rings. The highest BCUT2D eigenvalue weighted by Crippen LogP contribution is 2.38. The number of methoxy groups -OCH3 is 1. The van der Waals surface area contributed by atoms with Crippen molar-refractivity contribution in [1.29, 1.82) is 0 Å². The second kappa shape index (κ2) is 5.89. The lowest BCUT2D eigenvalue weighted by atomic mass is 9.76. The summed E-state index contributed by atoms with van der Waals surface area (Å²) >= 11 is 0. The average molecular weight is 254 g/mol. The van der Waals surface area contributed by atoms with Gasteiger partial charge in [-0.05, 0) is 51.4 Å². The summed E-state index contributed by atoms with van der Waals surface area (Å²) in [5.41, 5.74) is 6.43. The Morgan fingerprint density at radius 3 is 2.39 bits per heavy atom. The van der Waals surface area contributed by atoms with Crippen LogP contribution in [0, 0.1) is 5.92 Å². The molecule has 2 rings (SSSR count). The Hall–Kier alpha value is -0.120. The molecule has 0 aromatic rings. The molecule has 1 saturated heterocycles. The van der Waals surface area contributed by atoms with Crippen molar-refractivity contribution in [1.82, 2.24) is 4.90 Å². The van der Waals surface area contributed by atoms with Gasteiger partial charge in [-0.2, -0.15) is 0 Å². The Balaban J connectivity index is 2.07. The smallest absolute Gasteiger partial charge is 0.0572 e. The molecule has 3 nitrogen and oxygen atoms in total. The summed E-state index contributed by atoms with van der Waals surface area (Å²) in [5.74, 6) is 0.824. The monoisotopic (exact) mass is 254 g/mol. The van der Waals surface area contributed by atoms with Crippen molar-refractivity contribution in [2.24, 2.45) is 11.7 Å². The first kappa shape index (κ1) is 14.3. The highest BCUT2D eigenvalue weighted by Gasteiger charge is 2.42. The average Bonchev–Trinajstić information content (AvgIpc) is 2.41. The second-order valence-electron chi connectivity index (χ2n) is 6.55. The summed E-state index contributed by atoms with van der Waals surface area (Å²) in [6.07, 6.45) is 7.92. The summed E-state index contributed by atoms with van der Waals surface area (Å²) in [7, 11) is 1.84. The number of nitrogens with two attached hydrogens (primary N) is 1. The first-order valence-electron chi connectivity index (χ1n) is 7.61. The highest BCUT2D eigenvalue weighted by atomic mass is 16.5. The molecule has 2 N–H and O–H groups in total. The minimum absolute atomic E-state index is 0.253. The van der Waals surface area contributed by atoms with Crippen LogP contribution in [0.25, 0.3) is 0 Å². The van der Waals surface area contributed by atoms with Crippen LogP contribution in [0.2, 0.25) is 0 Å². The van der Waals surface area contributed by atoms with E-state index in [1.54, 1.807) is 0 Å². The van der Waals surface area contributed by atoms with Crippen LogP contribution < -0.4 is 5.73 Å². The third-order valence-corrected chi connectivity index (χ3v) is 5.30. The fourth-order valence-electron chi connectivity index (χ4n) is 3.92. The van der Waals surface area contributed by atoms with Crippen LogP contribution in [0.5, 0.6) is 0 Å². The van der Waals surface area contributed by atoms with Crippen molar-refractivity contribution >= 4 is 0 Å². The molecule has 0 spiro atoms. The third kappa shape index (κ3) is 2.73. The van der Waals surface area contributed by atoms with Crippen molar-refractivity contribution in [3.05, 3.63) is 0 Å². The van der Waals surface area contributed by atoms with E-state index < -0.39 is 0 Å². The maximum atomic E-state index is 6.18. The zero-order chi connectivity index (χ0) is 13.2. The van der Waals surface area contributed by atoms with Gasteiger partial charge in [0.15, 0.2) is 0 Å². The molecule has 1 saturated carbocycles. The van der Waals surface area contributed by atoms with Crippen LogP contribution in [0.1, 0.15) is 52.4 Å². The van der Waals surface area contributed by atoms with E-state index in [-0.39, 0.29) is 5.54 Å². The topological polar surface area (TPSA) is 38.5 Å². The Labute approximate surface area is 112 Å². The number of hydrogen-bond donors (Lipinski definition) is 1. The molecule has 0 amide bonds. The molecule has 2 atom stereocenters. The van der Waals surface area contributed by atoms with Crippen molar-refractivity contribution < 1.29 is 4.74 Å². The van der Waals surface area contributed by atoms with E-state index in [0.717, 1.165) is 12.5 Å². The lowest BCUT2D eigenvalue weighted by Gasteiger charge is -2.53. The van der Waals surface area contributed by atoms with Gasteiger partial charge in [0.1, 0.15) is 0 Å². The second-order valence-corrected chi connectivity index (χ2v) is 6.55. The zero-order valence-corrected chi connectivity index (χ0v) is 12.3. The van der Waals surface area contributed by atoms with Crippen LogP contribution in [-0.2, 0) is 4.74 Å². The SMILES string of the molecule is COC1CCC(CN)(N2CC(C)CCC2C)CC1. The molecule has 18 heavy (non-hydrogen) atoms. The molecule has 3 heteroatoms. The minimum Gasteiger partial charge on any atom is -0.381 e. The zero-order valence-electron chi connectivity index (χ0n) is 12.3. The molecular formula is C15H30N2O. The Morgan fingerprint density at radius 2 is 1.83 bits per heavy atom. The van der Waals surface area contributed by atoms with E-state index in [1.165, 1.54) is 45.1 Å².